The second kappa shape index (κ2) is 9.46. The molecule has 9 nitrogen and oxygen atoms in total. The Kier molecular flexibility index (Phi) is 6.23. The summed E-state index contributed by atoms with van der Waals surface area (Å²) in [5.41, 5.74) is 1.69. The number of aliphatic imine (C=N–C) groups is 1. The maximum absolute atomic E-state index is 13.0. The van der Waals surface area contributed by atoms with Gasteiger partial charge >= 0.3 is 0 Å². The molecular weight excluding hydrogens is 456 g/mol. The molecule has 3 aliphatic heterocycles. The van der Waals surface area contributed by atoms with Crippen molar-refractivity contribution < 1.29 is 23.8 Å². The van der Waals surface area contributed by atoms with Crippen LogP contribution in [0.25, 0.3) is 0 Å². The lowest BCUT2D eigenvalue weighted by molar-refractivity contribution is -0.132. The van der Waals surface area contributed by atoms with Crippen molar-refractivity contribution in [3.05, 3.63) is 47.9 Å². The first-order chi connectivity index (χ1) is 16.5. The average Bonchev–Trinajstić information content (AvgIpc) is 3.32. The molecule has 5 rings (SSSR count). The molecule has 1 aromatic rings. The molecule has 0 bridgehead atoms. The number of hydrogen-bond acceptors (Lipinski definition) is 7. The van der Waals surface area contributed by atoms with Crippen molar-refractivity contribution in [1.29, 1.82) is 0 Å². The van der Waals surface area contributed by atoms with Gasteiger partial charge in [0.05, 0.1) is 12.8 Å². The van der Waals surface area contributed by atoms with Crippen molar-refractivity contribution in [2.75, 3.05) is 51.5 Å². The highest BCUT2D eigenvalue weighted by Gasteiger charge is 2.38. The third-order valence-corrected chi connectivity index (χ3v) is 6.73. The molecule has 4 aliphatic rings. The summed E-state index contributed by atoms with van der Waals surface area (Å²) in [6, 6.07) is 7.96. The molecule has 2 saturated heterocycles. The molecule has 1 unspecified atom stereocenters. The number of anilines is 1. The van der Waals surface area contributed by atoms with Crippen LogP contribution in [-0.4, -0.2) is 79.1 Å². The number of amides is 2. The van der Waals surface area contributed by atoms with E-state index in [4.69, 9.17) is 26.4 Å². The molecule has 0 spiro atoms. The maximum atomic E-state index is 13.0. The Balaban J connectivity index is 1.11. The molecular formula is C24H26N4O5S. The van der Waals surface area contributed by atoms with E-state index in [1.165, 1.54) is 4.90 Å². The molecule has 0 saturated carbocycles. The van der Waals surface area contributed by atoms with Crippen molar-refractivity contribution in [2.24, 2.45) is 10.9 Å². The van der Waals surface area contributed by atoms with Crippen molar-refractivity contribution in [3.63, 3.8) is 0 Å². The van der Waals surface area contributed by atoms with Gasteiger partial charge in [-0.15, -0.1) is 0 Å². The largest absolute Gasteiger partial charge is 0.497 e. The van der Waals surface area contributed by atoms with Gasteiger partial charge in [0.2, 0.25) is 23.7 Å². The summed E-state index contributed by atoms with van der Waals surface area (Å²) < 4.78 is 16.0. The predicted molar refractivity (Wildman–Crippen MR) is 129 cm³/mol. The fraction of sp³-hybridized carbons (Fsp3) is 0.417. The molecule has 1 atom stereocenters. The molecule has 3 heterocycles. The van der Waals surface area contributed by atoms with E-state index in [-0.39, 0.29) is 23.7 Å². The summed E-state index contributed by atoms with van der Waals surface area (Å²) in [7, 11) is 1.65. The normalized spacial score (nSPS) is 21.6. The number of hydrogen-bond donors (Lipinski definition) is 0. The van der Waals surface area contributed by atoms with E-state index in [2.05, 4.69) is 9.89 Å². The Hall–Kier alpha value is -3.40. The Morgan fingerprint density at radius 2 is 1.88 bits per heavy atom. The van der Waals surface area contributed by atoms with Gasteiger partial charge in [0.1, 0.15) is 11.7 Å². The van der Waals surface area contributed by atoms with Crippen molar-refractivity contribution in [2.45, 2.75) is 12.8 Å². The zero-order chi connectivity index (χ0) is 23.7. The fourth-order valence-electron chi connectivity index (χ4n) is 4.49. The first-order valence-electron chi connectivity index (χ1n) is 11.3. The number of carbonyl (C=O) groups is 2. The van der Waals surface area contributed by atoms with Gasteiger partial charge in [0, 0.05) is 50.9 Å². The van der Waals surface area contributed by atoms with Crippen molar-refractivity contribution in [3.8, 4) is 5.75 Å². The summed E-state index contributed by atoms with van der Waals surface area (Å²) >= 11 is 5.36. The summed E-state index contributed by atoms with van der Waals surface area (Å²) in [4.78, 5) is 35.9. The first-order valence-corrected chi connectivity index (χ1v) is 11.7. The van der Waals surface area contributed by atoms with E-state index >= 15 is 0 Å². The van der Waals surface area contributed by atoms with Gasteiger partial charge in [0.15, 0.2) is 11.5 Å². The van der Waals surface area contributed by atoms with Gasteiger partial charge < -0.3 is 24.0 Å². The number of fused-ring (bicyclic) bond motifs is 2. The van der Waals surface area contributed by atoms with Crippen molar-refractivity contribution >= 4 is 40.5 Å². The van der Waals surface area contributed by atoms with Crippen LogP contribution in [0.4, 0.5) is 5.69 Å². The van der Waals surface area contributed by atoms with Crippen LogP contribution in [0.1, 0.15) is 12.8 Å². The second-order valence-electron chi connectivity index (χ2n) is 8.40. The number of carbonyl (C=O) groups excluding carboxylic acids is 2. The molecule has 2 amide bonds. The highest BCUT2D eigenvalue weighted by atomic mass is 32.1. The topological polar surface area (TPSA) is 83.9 Å². The zero-order valence-electron chi connectivity index (χ0n) is 18.9. The third-order valence-electron chi connectivity index (χ3n) is 6.42. The minimum absolute atomic E-state index is 0.0952. The molecule has 178 valence electrons. The fourth-order valence-corrected chi connectivity index (χ4v) is 4.78. The molecule has 34 heavy (non-hydrogen) atoms. The van der Waals surface area contributed by atoms with Crippen LogP contribution in [0.3, 0.4) is 0 Å². The van der Waals surface area contributed by atoms with Gasteiger partial charge in [-0.25, -0.2) is 4.99 Å². The van der Waals surface area contributed by atoms with Crippen LogP contribution < -0.4 is 9.64 Å². The van der Waals surface area contributed by atoms with Crippen LogP contribution in [0.5, 0.6) is 5.75 Å². The number of thiocarbonyl (C=S) groups is 1. The SMILES string of the molecule is COc1ccc(N2CCN(C(=O)CCCN3C(=O)C4C=C5OCOC5=CC4=NC3=S)CC2)cc1. The van der Waals surface area contributed by atoms with Crippen LogP contribution >= 0.6 is 12.2 Å². The Morgan fingerprint density at radius 1 is 1.15 bits per heavy atom. The quantitative estimate of drug-likeness (QED) is 0.574. The lowest BCUT2D eigenvalue weighted by Gasteiger charge is -2.36. The van der Waals surface area contributed by atoms with E-state index in [1.54, 1.807) is 19.3 Å². The van der Waals surface area contributed by atoms with Crippen LogP contribution in [0, 0.1) is 5.92 Å². The maximum Gasteiger partial charge on any atom is 0.241 e. The smallest absolute Gasteiger partial charge is 0.241 e. The third kappa shape index (κ3) is 4.37. The molecule has 0 aromatic heterocycles. The molecule has 2 fully saturated rings. The number of piperazine rings is 1. The van der Waals surface area contributed by atoms with E-state index < -0.39 is 5.92 Å². The minimum atomic E-state index is -0.533. The van der Waals surface area contributed by atoms with Crippen molar-refractivity contribution in [1.82, 2.24) is 9.80 Å². The lowest BCUT2D eigenvalue weighted by atomic mass is 9.94. The van der Waals surface area contributed by atoms with Crippen LogP contribution in [-0.2, 0) is 19.1 Å². The van der Waals surface area contributed by atoms with Gasteiger partial charge in [-0.05, 0) is 49.0 Å². The number of methoxy groups -OCH3 is 1. The minimum Gasteiger partial charge on any atom is -0.497 e. The highest BCUT2D eigenvalue weighted by molar-refractivity contribution is 7.80. The number of benzene rings is 1. The van der Waals surface area contributed by atoms with E-state index in [0.717, 1.165) is 24.5 Å². The highest BCUT2D eigenvalue weighted by Crippen LogP contribution is 2.31. The number of nitrogens with zero attached hydrogens (tertiary/aromatic N) is 4. The molecule has 1 aliphatic carbocycles. The Labute approximate surface area is 203 Å². The number of rotatable bonds is 6. The number of allylic oxidation sites excluding steroid dienone is 1. The molecule has 10 heteroatoms. The Bertz CT molecular complexity index is 1090. The summed E-state index contributed by atoms with van der Waals surface area (Å²) in [5, 5.41) is 0.226. The second-order valence-corrected chi connectivity index (χ2v) is 8.77. The van der Waals surface area contributed by atoms with Crippen LogP contribution in [0.15, 0.2) is 52.9 Å². The number of ether oxygens (including phenoxy) is 3. The molecule has 1 aromatic carbocycles. The zero-order valence-corrected chi connectivity index (χ0v) is 19.8. The lowest BCUT2D eigenvalue weighted by Crippen LogP contribution is -2.49. The molecule has 0 radical (unpaired) electrons. The summed E-state index contributed by atoms with van der Waals surface area (Å²) in [6.45, 7) is 3.40. The van der Waals surface area contributed by atoms with Crippen LogP contribution in [0.2, 0.25) is 0 Å². The molecule has 0 N–H and O–H groups in total. The van der Waals surface area contributed by atoms with Gasteiger partial charge in [-0.2, -0.15) is 0 Å². The predicted octanol–water partition coefficient (Wildman–Crippen LogP) is 2.09. The standard InChI is InChI=1S/C24H26N4O5S/c1-31-17-6-4-16(5-7-17)26-9-11-27(12-10-26)22(29)3-2-8-28-23(30)18-13-20-21(33-15-32-20)14-19(18)25-24(28)34/h4-7,13-14,18H,2-3,8-12,15H2,1H3. The van der Waals surface area contributed by atoms with Gasteiger partial charge in [-0.1, -0.05) is 0 Å². The summed E-state index contributed by atoms with van der Waals surface area (Å²) in [6.07, 6.45) is 4.33. The monoisotopic (exact) mass is 482 g/mol. The van der Waals surface area contributed by atoms with Gasteiger partial charge in [-0.3, -0.25) is 14.5 Å². The van der Waals surface area contributed by atoms with E-state index in [1.807, 2.05) is 29.2 Å². The van der Waals surface area contributed by atoms with E-state index in [0.29, 0.717) is 49.7 Å². The Morgan fingerprint density at radius 3 is 2.62 bits per heavy atom. The van der Waals surface area contributed by atoms with Gasteiger partial charge in [0.25, 0.3) is 0 Å². The average molecular weight is 483 g/mol. The van der Waals surface area contributed by atoms with E-state index in [9.17, 15) is 9.59 Å². The first kappa shape index (κ1) is 22.4. The summed E-state index contributed by atoms with van der Waals surface area (Å²) in [5.74, 6) is 1.39.